The molecule has 1 spiro atoms. The van der Waals surface area contributed by atoms with Crippen LogP contribution < -0.4 is 0 Å². The number of hydrogen-bond acceptors (Lipinski definition) is 6. The summed E-state index contributed by atoms with van der Waals surface area (Å²) in [7, 11) is 0. The van der Waals surface area contributed by atoms with Gasteiger partial charge in [0.05, 0.1) is 24.0 Å². The van der Waals surface area contributed by atoms with Crippen molar-refractivity contribution in [2.24, 2.45) is 52.3 Å². The Morgan fingerprint density at radius 2 is 1.91 bits per heavy atom. The molecule has 0 radical (unpaired) electrons. The van der Waals surface area contributed by atoms with Crippen LogP contribution in [-0.4, -0.2) is 52.5 Å². The van der Waals surface area contributed by atoms with Crippen LogP contribution in [0.1, 0.15) is 66.2 Å². The number of carbonyl (C=O) groups excluding carboxylic acids is 2. The lowest BCUT2D eigenvalue weighted by atomic mass is 9.44. The minimum atomic E-state index is -0.714. The standard InChI is InChI=1S/C28H40O6/c1-14-11-21(33-25(32)17(14)13-29)15(2)18-5-6-19-16-12-24-28(34-24)23(31)8-7-22(30)27(28,4)20(16)9-10-26(18,19)3/h7-8,14-21,23-24,29,31H,5-6,9-13H2,1-4H3/t14-,15-,16-,17?,18+,19-,20-,21?,23-,24+,26+,27-,28+/m0/s1. The number of rotatable bonds is 3. The van der Waals surface area contributed by atoms with Crippen LogP contribution in [0.4, 0.5) is 0 Å². The van der Waals surface area contributed by atoms with Gasteiger partial charge in [-0.2, -0.15) is 0 Å². The van der Waals surface area contributed by atoms with E-state index in [4.69, 9.17) is 9.47 Å². The SMILES string of the molecule is C[C@H](C1C[C@H](C)C(CO)C(=O)O1)[C@H]1CC[C@H]2[C@@H]3C[C@H]4O[C@]45[C@@H](O)C=CC(=O)[C@]5(C)[C@H]3CC[C@]12C. The summed E-state index contributed by atoms with van der Waals surface area (Å²) in [5.74, 6) is 1.55. The Bertz CT molecular complexity index is 930. The Balaban J connectivity index is 1.25. The number of fused-ring (bicyclic) bond motifs is 4. The number of ether oxygens (including phenoxy) is 2. The van der Waals surface area contributed by atoms with Crippen LogP contribution in [0.25, 0.3) is 0 Å². The molecule has 5 fully saturated rings. The normalized spacial score (nSPS) is 56.6. The molecular weight excluding hydrogens is 432 g/mol. The van der Waals surface area contributed by atoms with E-state index in [2.05, 4.69) is 27.7 Å². The van der Waals surface area contributed by atoms with E-state index in [1.54, 1.807) is 12.2 Å². The van der Waals surface area contributed by atoms with Crippen molar-refractivity contribution in [1.82, 2.24) is 0 Å². The summed E-state index contributed by atoms with van der Waals surface area (Å²) in [6.45, 7) is 8.69. The molecule has 2 heterocycles. The van der Waals surface area contributed by atoms with Crippen molar-refractivity contribution in [1.29, 1.82) is 0 Å². The van der Waals surface area contributed by atoms with E-state index in [-0.39, 0.29) is 53.7 Å². The van der Waals surface area contributed by atoms with E-state index in [9.17, 15) is 19.8 Å². The first-order chi connectivity index (χ1) is 16.1. The topological polar surface area (TPSA) is 96.4 Å². The number of aliphatic hydroxyl groups is 2. The van der Waals surface area contributed by atoms with E-state index in [0.717, 1.165) is 38.5 Å². The number of ketones is 1. The molecule has 13 atom stereocenters. The lowest BCUT2D eigenvalue weighted by Gasteiger charge is -2.58. The van der Waals surface area contributed by atoms with Crippen molar-refractivity contribution in [2.75, 3.05) is 6.61 Å². The molecule has 6 aliphatic rings. The van der Waals surface area contributed by atoms with Gasteiger partial charge in [0.15, 0.2) is 5.78 Å². The van der Waals surface area contributed by atoms with E-state index in [1.165, 1.54) is 0 Å². The molecule has 0 aromatic carbocycles. The van der Waals surface area contributed by atoms with Crippen LogP contribution in [0, 0.1) is 52.3 Å². The summed E-state index contributed by atoms with van der Waals surface area (Å²) in [6, 6.07) is 0. The maximum absolute atomic E-state index is 13.3. The van der Waals surface area contributed by atoms with E-state index < -0.39 is 23.0 Å². The van der Waals surface area contributed by atoms with Crippen molar-refractivity contribution in [3.63, 3.8) is 0 Å². The predicted octanol–water partition coefficient (Wildman–Crippen LogP) is 3.29. The number of hydrogen-bond donors (Lipinski definition) is 2. The number of epoxide rings is 1. The van der Waals surface area contributed by atoms with Gasteiger partial charge >= 0.3 is 5.97 Å². The zero-order chi connectivity index (χ0) is 24.2. The quantitative estimate of drug-likeness (QED) is 0.483. The highest BCUT2D eigenvalue weighted by molar-refractivity contribution is 5.98. The van der Waals surface area contributed by atoms with Gasteiger partial charge in [-0.25, -0.2) is 0 Å². The van der Waals surface area contributed by atoms with Crippen molar-refractivity contribution in [3.8, 4) is 0 Å². The van der Waals surface area contributed by atoms with Crippen LogP contribution in [0.5, 0.6) is 0 Å². The Labute approximate surface area is 202 Å². The molecule has 3 saturated carbocycles. The van der Waals surface area contributed by atoms with Gasteiger partial charge in [-0.3, -0.25) is 9.59 Å². The zero-order valence-corrected chi connectivity index (χ0v) is 20.9. The van der Waals surface area contributed by atoms with Crippen LogP contribution >= 0.6 is 0 Å². The average molecular weight is 473 g/mol. The molecule has 2 saturated heterocycles. The van der Waals surface area contributed by atoms with Gasteiger partial charge < -0.3 is 19.7 Å². The second-order valence-corrected chi connectivity index (χ2v) is 12.9. The minimum Gasteiger partial charge on any atom is -0.462 e. The third-order valence-electron chi connectivity index (χ3n) is 12.0. The molecule has 6 heteroatoms. The molecule has 0 amide bonds. The molecule has 2 unspecified atom stereocenters. The first-order valence-corrected chi connectivity index (χ1v) is 13.5. The number of esters is 1. The fourth-order valence-corrected chi connectivity index (χ4v) is 9.98. The summed E-state index contributed by atoms with van der Waals surface area (Å²) in [5.41, 5.74) is -1.20. The Morgan fingerprint density at radius 3 is 2.62 bits per heavy atom. The van der Waals surface area contributed by atoms with Gasteiger partial charge in [0, 0.05) is 0 Å². The average Bonchev–Trinajstić information content (AvgIpc) is 3.43. The van der Waals surface area contributed by atoms with Gasteiger partial charge in [-0.05, 0) is 98.5 Å². The second kappa shape index (κ2) is 7.39. The fraction of sp³-hybridized carbons (Fsp3) is 0.857. The van der Waals surface area contributed by atoms with Crippen LogP contribution in [0.15, 0.2) is 12.2 Å². The van der Waals surface area contributed by atoms with Gasteiger partial charge in [0.25, 0.3) is 0 Å². The van der Waals surface area contributed by atoms with Crippen LogP contribution in [0.2, 0.25) is 0 Å². The third-order valence-corrected chi connectivity index (χ3v) is 12.0. The summed E-state index contributed by atoms with van der Waals surface area (Å²) in [4.78, 5) is 25.8. The zero-order valence-electron chi connectivity index (χ0n) is 20.9. The third kappa shape index (κ3) is 2.68. The summed E-state index contributed by atoms with van der Waals surface area (Å²) in [5, 5.41) is 20.4. The Kier molecular flexibility index (Phi) is 5.04. The molecule has 2 aliphatic heterocycles. The maximum Gasteiger partial charge on any atom is 0.311 e. The highest BCUT2D eigenvalue weighted by atomic mass is 16.6. The number of cyclic esters (lactones) is 1. The van der Waals surface area contributed by atoms with Gasteiger partial charge in [0.1, 0.15) is 17.8 Å². The number of allylic oxidation sites excluding steroid dienone is 1. The molecule has 2 N–H and O–H groups in total. The van der Waals surface area contributed by atoms with Gasteiger partial charge in [-0.1, -0.05) is 20.8 Å². The smallest absolute Gasteiger partial charge is 0.311 e. The molecule has 0 aromatic heterocycles. The fourth-order valence-electron chi connectivity index (χ4n) is 9.98. The van der Waals surface area contributed by atoms with Crippen LogP contribution in [-0.2, 0) is 19.1 Å². The molecule has 6 nitrogen and oxygen atoms in total. The number of aliphatic hydroxyl groups excluding tert-OH is 2. The summed E-state index contributed by atoms with van der Waals surface area (Å²) >= 11 is 0. The monoisotopic (exact) mass is 472 g/mol. The Hall–Kier alpha value is -1.24. The van der Waals surface area contributed by atoms with Gasteiger partial charge in [0.2, 0.25) is 0 Å². The molecule has 4 aliphatic carbocycles. The Morgan fingerprint density at radius 1 is 1.15 bits per heavy atom. The maximum atomic E-state index is 13.3. The van der Waals surface area contributed by atoms with E-state index in [0.29, 0.717) is 17.8 Å². The highest BCUT2D eigenvalue weighted by Gasteiger charge is 2.80. The van der Waals surface area contributed by atoms with E-state index in [1.807, 2.05) is 0 Å². The molecule has 6 rings (SSSR count). The number of carbonyl (C=O) groups is 2. The summed E-state index contributed by atoms with van der Waals surface area (Å²) < 4.78 is 12.1. The largest absolute Gasteiger partial charge is 0.462 e. The highest BCUT2D eigenvalue weighted by Crippen LogP contribution is 2.73. The summed E-state index contributed by atoms with van der Waals surface area (Å²) in [6.07, 6.45) is 8.49. The van der Waals surface area contributed by atoms with Crippen LogP contribution in [0.3, 0.4) is 0 Å². The van der Waals surface area contributed by atoms with Crippen molar-refractivity contribution in [3.05, 3.63) is 12.2 Å². The lowest BCUT2D eigenvalue weighted by molar-refractivity contribution is -0.174. The molecule has 34 heavy (non-hydrogen) atoms. The molecular formula is C28H40O6. The minimum absolute atomic E-state index is 0.0305. The first-order valence-electron chi connectivity index (χ1n) is 13.5. The van der Waals surface area contributed by atoms with Crippen molar-refractivity contribution >= 4 is 11.8 Å². The van der Waals surface area contributed by atoms with Crippen molar-refractivity contribution in [2.45, 2.75) is 90.1 Å². The lowest BCUT2D eigenvalue weighted by Crippen LogP contribution is -2.63. The molecule has 188 valence electrons. The molecule has 0 aromatic rings. The van der Waals surface area contributed by atoms with Crippen molar-refractivity contribution < 1.29 is 29.3 Å². The van der Waals surface area contributed by atoms with Gasteiger partial charge in [-0.15, -0.1) is 0 Å². The molecule has 0 bridgehead atoms. The predicted molar refractivity (Wildman–Crippen MR) is 124 cm³/mol. The first kappa shape index (κ1) is 23.2. The second-order valence-electron chi connectivity index (χ2n) is 12.9. The van der Waals surface area contributed by atoms with E-state index >= 15 is 0 Å².